The monoisotopic (exact) mass is 259 g/mol. The number of hydrogen-bond acceptors (Lipinski definition) is 2. The van der Waals surface area contributed by atoms with Crippen LogP contribution in [0, 0.1) is 5.82 Å². The molecule has 2 aromatic rings. The van der Waals surface area contributed by atoms with E-state index in [0.29, 0.717) is 11.3 Å². The Bertz CT molecular complexity index is 598. The molecule has 98 valence electrons. The van der Waals surface area contributed by atoms with Crippen LogP contribution < -0.4 is 5.32 Å². The summed E-state index contributed by atoms with van der Waals surface area (Å²) in [6, 6.07) is 12.7. The maximum atomic E-state index is 13.6. The van der Waals surface area contributed by atoms with Gasteiger partial charge in [0.25, 0.3) is 0 Å². The number of nitrogens with one attached hydrogen (secondary N) is 1. The fourth-order valence-corrected chi connectivity index (χ4v) is 1.90. The van der Waals surface area contributed by atoms with E-state index in [1.54, 1.807) is 30.3 Å². The molecular formula is C15H14FNO2. The van der Waals surface area contributed by atoms with Crippen molar-refractivity contribution in [2.45, 2.75) is 13.0 Å². The first kappa shape index (κ1) is 13.1. The fourth-order valence-electron chi connectivity index (χ4n) is 1.90. The lowest BCUT2D eigenvalue weighted by atomic mass is 10.1. The van der Waals surface area contributed by atoms with Crippen LogP contribution in [0.25, 0.3) is 0 Å². The number of benzene rings is 2. The third kappa shape index (κ3) is 3.10. The van der Waals surface area contributed by atoms with Gasteiger partial charge in [0.2, 0.25) is 0 Å². The smallest absolute Gasteiger partial charge is 0.335 e. The van der Waals surface area contributed by atoms with Crippen molar-refractivity contribution in [1.82, 2.24) is 0 Å². The third-order valence-corrected chi connectivity index (χ3v) is 2.86. The van der Waals surface area contributed by atoms with Crippen LogP contribution in [0.4, 0.5) is 10.1 Å². The maximum absolute atomic E-state index is 13.6. The molecule has 0 heterocycles. The summed E-state index contributed by atoms with van der Waals surface area (Å²) < 4.78 is 13.6. The van der Waals surface area contributed by atoms with Crippen LogP contribution in [0.5, 0.6) is 0 Å². The average Bonchev–Trinajstić information content (AvgIpc) is 2.39. The summed E-state index contributed by atoms with van der Waals surface area (Å²) in [5, 5.41) is 12.0. The number of carbonyl (C=O) groups is 1. The highest BCUT2D eigenvalue weighted by Crippen LogP contribution is 2.22. The predicted octanol–water partition coefficient (Wildman–Crippen LogP) is 3.70. The van der Waals surface area contributed by atoms with Gasteiger partial charge in [0, 0.05) is 11.3 Å². The quantitative estimate of drug-likeness (QED) is 0.880. The molecule has 2 rings (SSSR count). The molecule has 0 aliphatic rings. The van der Waals surface area contributed by atoms with Gasteiger partial charge >= 0.3 is 5.97 Å². The Hall–Kier alpha value is -2.36. The van der Waals surface area contributed by atoms with Crippen LogP contribution in [-0.2, 0) is 0 Å². The van der Waals surface area contributed by atoms with Crippen molar-refractivity contribution in [3.8, 4) is 0 Å². The van der Waals surface area contributed by atoms with Crippen molar-refractivity contribution in [3.05, 3.63) is 65.5 Å². The molecule has 4 heteroatoms. The zero-order chi connectivity index (χ0) is 13.8. The maximum Gasteiger partial charge on any atom is 0.335 e. The number of carboxylic acid groups (broad SMARTS) is 1. The predicted molar refractivity (Wildman–Crippen MR) is 71.8 cm³/mol. The first-order chi connectivity index (χ1) is 9.08. The van der Waals surface area contributed by atoms with E-state index in [0.717, 1.165) is 0 Å². The van der Waals surface area contributed by atoms with Crippen LogP contribution in [0.15, 0.2) is 48.5 Å². The fraction of sp³-hybridized carbons (Fsp3) is 0.133. The Labute approximate surface area is 110 Å². The molecule has 0 amide bonds. The van der Waals surface area contributed by atoms with Crippen molar-refractivity contribution in [3.63, 3.8) is 0 Å². The number of aromatic carboxylic acids is 1. The first-order valence-corrected chi connectivity index (χ1v) is 5.92. The second-order valence-electron chi connectivity index (χ2n) is 4.27. The molecule has 0 saturated carbocycles. The molecule has 2 aromatic carbocycles. The highest BCUT2D eigenvalue weighted by molar-refractivity contribution is 5.88. The van der Waals surface area contributed by atoms with Gasteiger partial charge in [-0.05, 0) is 31.2 Å². The van der Waals surface area contributed by atoms with Crippen molar-refractivity contribution < 1.29 is 14.3 Å². The largest absolute Gasteiger partial charge is 0.478 e. The molecule has 0 aliphatic heterocycles. The Morgan fingerprint density at radius 3 is 2.63 bits per heavy atom. The lowest BCUT2D eigenvalue weighted by Crippen LogP contribution is -2.09. The van der Waals surface area contributed by atoms with Crippen LogP contribution in [-0.4, -0.2) is 11.1 Å². The molecule has 0 radical (unpaired) electrons. The molecule has 0 saturated heterocycles. The number of halogens is 1. The molecule has 0 fully saturated rings. The summed E-state index contributed by atoms with van der Waals surface area (Å²) in [7, 11) is 0. The number of anilines is 1. The van der Waals surface area contributed by atoms with E-state index in [1.165, 1.54) is 18.2 Å². The van der Waals surface area contributed by atoms with Gasteiger partial charge < -0.3 is 10.4 Å². The van der Waals surface area contributed by atoms with Gasteiger partial charge in [-0.15, -0.1) is 0 Å². The van der Waals surface area contributed by atoms with E-state index in [2.05, 4.69) is 5.32 Å². The SMILES string of the molecule is CC(Nc1cccc(C(=O)O)c1)c1ccccc1F. The normalized spacial score (nSPS) is 11.9. The van der Waals surface area contributed by atoms with Crippen molar-refractivity contribution in [1.29, 1.82) is 0 Å². The summed E-state index contributed by atoms with van der Waals surface area (Å²) in [5.41, 5.74) is 1.39. The van der Waals surface area contributed by atoms with Crippen LogP contribution in [0.1, 0.15) is 28.9 Å². The Morgan fingerprint density at radius 2 is 1.95 bits per heavy atom. The molecule has 0 bridgehead atoms. The molecule has 0 aliphatic carbocycles. The first-order valence-electron chi connectivity index (χ1n) is 5.92. The molecule has 0 spiro atoms. The molecule has 0 aromatic heterocycles. The van der Waals surface area contributed by atoms with Gasteiger partial charge in [-0.2, -0.15) is 0 Å². The summed E-state index contributed by atoms with van der Waals surface area (Å²) in [6.45, 7) is 1.83. The summed E-state index contributed by atoms with van der Waals surface area (Å²) >= 11 is 0. The summed E-state index contributed by atoms with van der Waals surface area (Å²) in [5.74, 6) is -1.26. The second-order valence-corrected chi connectivity index (χ2v) is 4.27. The average molecular weight is 259 g/mol. The van der Waals surface area contributed by atoms with Gasteiger partial charge in [0.1, 0.15) is 5.82 Å². The molecule has 19 heavy (non-hydrogen) atoms. The van der Waals surface area contributed by atoms with Crippen molar-refractivity contribution in [2.24, 2.45) is 0 Å². The number of rotatable bonds is 4. The minimum Gasteiger partial charge on any atom is -0.478 e. The topological polar surface area (TPSA) is 49.3 Å². The Kier molecular flexibility index (Phi) is 3.80. The Balaban J connectivity index is 2.19. The van der Waals surface area contributed by atoms with E-state index < -0.39 is 5.97 Å². The van der Waals surface area contributed by atoms with E-state index in [1.807, 2.05) is 6.92 Å². The van der Waals surface area contributed by atoms with Gasteiger partial charge in [-0.25, -0.2) is 9.18 Å². The zero-order valence-corrected chi connectivity index (χ0v) is 10.4. The molecule has 1 unspecified atom stereocenters. The van der Waals surface area contributed by atoms with Gasteiger partial charge in [-0.3, -0.25) is 0 Å². The number of carboxylic acids is 1. The van der Waals surface area contributed by atoms with E-state index in [9.17, 15) is 9.18 Å². The lowest BCUT2D eigenvalue weighted by Gasteiger charge is -2.16. The molecular weight excluding hydrogens is 245 g/mol. The minimum absolute atomic E-state index is 0.200. The summed E-state index contributed by atoms with van der Waals surface area (Å²) in [6.07, 6.45) is 0. The summed E-state index contributed by atoms with van der Waals surface area (Å²) in [4.78, 5) is 10.9. The molecule has 3 nitrogen and oxygen atoms in total. The Morgan fingerprint density at radius 1 is 1.21 bits per heavy atom. The van der Waals surface area contributed by atoms with Gasteiger partial charge in [0.15, 0.2) is 0 Å². The van der Waals surface area contributed by atoms with E-state index >= 15 is 0 Å². The minimum atomic E-state index is -0.984. The molecule has 1 atom stereocenters. The van der Waals surface area contributed by atoms with Crippen LogP contribution in [0.2, 0.25) is 0 Å². The molecule has 2 N–H and O–H groups in total. The third-order valence-electron chi connectivity index (χ3n) is 2.86. The standard InChI is InChI=1S/C15H14FNO2/c1-10(13-7-2-3-8-14(13)16)17-12-6-4-5-11(9-12)15(18)19/h2-10,17H,1H3,(H,18,19). The van der Waals surface area contributed by atoms with E-state index in [4.69, 9.17) is 5.11 Å². The van der Waals surface area contributed by atoms with Crippen LogP contribution >= 0.6 is 0 Å². The van der Waals surface area contributed by atoms with Crippen molar-refractivity contribution in [2.75, 3.05) is 5.32 Å². The number of hydrogen-bond donors (Lipinski definition) is 2. The zero-order valence-electron chi connectivity index (χ0n) is 10.4. The lowest BCUT2D eigenvalue weighted by molar-refractivity contribution is 0.0697. The van der Waals surface area contributed by atoms with Gasteiger partial charge in [-0.1, -0.05) is 24.3 Å². The van der Waals surface area contributed by atoms with Gasteiger partial charge in [0.05, 0.1) is 11.6 Å². The van der Waals surface area contributed by atoms with Crippen molar-refractivity contribution >= 4 is 11.7 Å². The highest BCUT2D eigenvalue weighted by Gasteiger charge is 2.10. The second kappa shape index (κ2) is 5.52. The highest BCUT2D eigenvalue weighted by atomic mass is 19.1. The van der Waals surface area contributed by atoms with Crippen LogP contribution in [0.3, 0.4) is 0 Å². The van der Waals surface area contributed by atoms with E-state index in [-0.39, 0.29) is 17.4 Å².